The fraction of sp³-hybridized carbons (Fsp3) is 0.333. The van der Waals surface area contributed by atoms with Gasteiger partial charge in [-0.3, -0.25) is 0 Å². The van der Waals surface area contributed by atoms with Crippen LogP contribution < -0.4 is 4.74 Å². The number of allylic oxidation sites excluding steroid dienone is 2. The van der Waals surface area contributed by atoms with E-state index in [1.807, 2.05) is 13.0 Å². The zero-order valence-corrected chi connectivity index (χ0v) is 20.5. The molecule has 2 nitrogen and oxygen atoms in total. The third-order valence-electron chi connectivity index (χ3n) is 6.66. The van der Waals surface area contributed by atoms with E-state index < -0.39 is 29.4 Å². The van der Waals surface area contributed by atoms with Gasteiger partial charge < -0.3 is 9.47 Å². The summed E-state index contributed by atoms with van der Waals surface area (Å²) >= 11 is 0. The van der Waals surface area contributed by atoms with Crippen molar-refractivity contribution in [2.24, 2.45) is 5.92 Å². The minimum Gasteiger partial charge on any atom is -0.491 e. The van der Waals surface area contributed by atoms with Crippen molar-refractivity contribution in [3.05, 3.63) is 89.5 Å². The first-order valence-electron chi connectivity index (χ1n) is 12.4. The second-order valence-electron chi connectivity index (χ2n) is 8.99. The van der Waals surface area contributed by atoms with Gasteiger partial charge >= 0.3 is 0 Å². The van der Waals surface area contributed by atoms with Crippen LogP contribution in [0, 0.1) is 29.2 Å². The highest BCUT2D eigenvalue weighted by molar-refractivity contribution is 5.71. The SMILES string of the molecule is CC=CCCC1CCC(c2ccc(-c3ccc(-c4ccc(OCC)c(F)c4F)cc3)c(F)c2F)OC1. The molecule has 3 aromatic rings. The molecule has 0 saturated carbocycles. The summed E-state index contributed by atoms with van der Waals surface area (Å²) in [6, 6.07) is 12.2. The minimum absolute atomic E-state index is 0.0583. The molecule has 1 heterocycles. The van der Waals surface area contributed by atoms with Gasteiger partial charge in [0.15, 0.2) is 23.2 Å². The fourth-order valence-electron chi connectivity index (χ4n) is 4.66. The molecule has 2 unspecified atom stereocenters. The van der Waals surface area contributed by atoms with Gasteiger partial charge in [-0.1, -0.05) is 48.6 Å². The molecule has 1 fully saturated rings. The molecule has 0 amide bonds. The average molecular weight is 499 g/mol. The van der Waals surface area contributed by atoms with E-state index in [2.05, 4.69) is 6.08 Å². The molecule has 0 spiro atoms. The molecule has 0 bridgehead atoms. The van der Waals surface area contributed by atoms with Crippen molar-refractivity contribution in [1.29, 1.82) is 0 Å². The van der Waals surface area contributed by atoms with Gasteiger partial charge in [0, 0.05) is 16.7 Å². The maximum absolute atomic E-state index is 15.1. The van der Waals surface area contributed by atoms with Crippen LogP contribution in [0.2, 0.25) is 0 Å². The smallest absolute Gasteiger partial charge is 0.201 e. The topological polar surface area (TPSA) is 18.5 Å². The Bertz CT molecular complexity index is 1210. The van der Waals surface area contributed by atoms with Crippen LogP contribution in [0.5, 0.6) is 5.75 Å². The fourth-order valence-corrected chi connectivity index (χ4v) is 4.66. The molecule has 0 aliphatic carbocycles. The van der Waals surface area contributed by atoms with Gasteiger partial charge in [-0.15, -0.1) is 0 Å². The van der Waals surface area contributed by atoms with Crippen molar-refractivity contribution < 1.29 is 27.0 Å². The van der Waals surface area contributed by atoms with Crippen LogP contribution >= 0.6 is 0 Å². The highest BCUT2D eigenvalue weighted by atomic mass is 19.2. The largest absolute Gasteiger partial charge is 0.491 e. The Morgan fingerprint density at radius 1 is 0.833 bits per heavy atom. The summed E-state index contributed by atoms with van der Waals surface area (Å²) in [5.74, 6) is -3.66. The van der Waals surface area contributed by atoms with Gasteiger partial charge in [0.1, 0.15) is 0 Å². The Morgan fingerprint density at radius 3 is 2.06 bits per heavy atom. The molecule has 3 aromatic carbocycles. The van der Waals surface area contributed by atoms with Crippen molar-refractivity contribution in [2.45, 2.75) is 45.6 Å². The lowest BCUT2D eigenvalue weighted by Gasteiger charge is -2.29. The molecule has 36 heavy (non-hydrogen) atoms. The van der Waals surface area contributed by atoms with Crippen LogP contribution in [-0.2, 0) is 4.74 Å². The summed E-state index contributed by atoms with van der Waals surface area (Å²) in [5.41, 5.74) is 1.23. The zero-order chi connectivity index (χ0) is 25.7. The first kappa shape index (κ1) is 26.0. The lowest BCUT2D eigenvalue weighted by molar-refractivity contribution is -0.0210. The van der Waals surface area contributed by atoms with Crippen LogP contribution in [-0.4, -0.2) is 13.2 Å². The molecule has 190 valence electrons. The molecule has 0 radical (unpaired) electrons. The van der Waals surface area contributed by atoms with Crippen molar-refractivity contribution in [3.63, 3.8) is 0 Å². The lowest BCUT2D eigenvalue weighted by Crippen LogP contribution is -2.21. The molecular formula is C30H30F4O2. The quantitative estimate of drug-likeness (QED) is 0.228. The van der Waals surface area contributed by atoms with Crippen LogP contribution in [0.1, 0.15) is 51.2 Å². The van der Waals surface area contributed by atoms with E-state index in [1.54, 1.807) is 43.3 Å². The molecule has 1 aliphatic rings. The maximum atomic E-state index is 15.1. The van der Waals surface area contributed by atoms with Gasteiger partial charge in [0.25, 0.3) is 0 Å². The summed E-state index contributed by atoms with van der Waals surface area (Å²) in [6.07, 6.45) is 7.26. The molecule has 1 saturated heterocycles. The molecule has 6 heteroatoms. The summed E-state index contributed by atoms with van der Waals surface area (Å²) in [7, 11) is 0. The van der Waals surface area contributed by atoms with Gasteiger partial charge in [0.2, 0.25) is 5.82 Å². The first-order valence-corrected chi connectivity index (χ1v) is 12.4. The Hall–Kier alpha value is -3.12. The Morgan fingerprint density at radius 2 is 1.47 bits per heavy atom. The predicted octanol–water partition coefficient (Wildman–Crippen LogP) is 8.80. The third kappa shape index (κ3) is 5.49. The summed E-state index contributed by atoms with van der Waals surface area (Å²) in [5, 5.41) is 0. The molecule has 4 rings (SSSR count). The standard InChI is InChI=1S/C30H30F4O2/c1-3-5-6-7-19-8-16-25(36-18-19)24-14-13-22(27(31)29(24)33)20-9-11-21(12-10-20)23-15-17-26(35-4-2)30(34)28(23)32/h3,5,9-15,17,19,25H,4,6-8,16,18H2,1-2H3. The second kappa shape index (κ2) is 11.7. The van der Waals surface area contributed by atoms with E-state index >= 15 is 8.78 Å². The average Bonchev–Trinajstić information content (AvgIpc) is 2.90. The Labute approximate surface area is 209 Å². The van der Waals surface area contributed by atoms with Gasteiger partial charge in [-0.2, -0.15) is 4.39 Å². The van der Waals surface area contributed by atoms with E-state index in [0.29, 0.717) is 30.1 Å². The number of hydrogen-bond acceptors (Lipinski definition) is 2. The van der Waals surface area contributed by atoms with Crippen molar-refractivity contribution in [2.75, 3.05) is 13.2 Å². The van der Waals surface area contributed by atoms with E-state index in [4.69, 9.17) is 9.47 Å². The monoisotopic (exact) mass is 498 g/mol. The molecule has 0 N–H and O–H groups in total. The Balaban J connectivity index is 1.50. The van der Waals surface area contributed by atoms with Crippen molar-refractivity contribution in [1.82, 2.24) is 0 Å². The zero-order valence-electron chi connectivity index (χ0n) is 20.5. The Kier molecular flexibility index (Phi) is 8.47. The summed E-state index contributed by atoms with van der Waals surface area (Å²) < 4.78 is 69.9. The normalized spacial score (nSPS) is 18.1. The van der Waals surface area contributed by atoms with Crippen LogP contribution in [0.3, 0.4) is 0 Å². The van der Waals surface area contributed by atoms with Crippen molar-refractivity contribution >= 4 is 0 Å². The van der Waals surface area contributed by atoms with Gasteiger partial charge in [-0.05, 0) is 68.7 Å². The number of rotatable bonds is 8. The van der Waals surface area contributed by atoms with E-state index in [1.165, 1.54) is 12.1 Å². The molecule has 2 atom stereocenters. The lowest BCUT2D eigenvalue weighted by atomic mass is 9.90. The molecule has 0 aromatic heterocycles. The number of benzene rings is 3. The van der Waals surface area contributed by atoms with Gasteiger partial charge in [0.05, 0.1) is 19.3 Å². The van der Waals surface area contributed by atoms with Crippen LogP contribution in [0.4, 0.5) is 17.6 Å². The van der Waals surface area contributed by atoms with E-state index in [0.717, 1.165) is 19.3 Å². The summed E-state index contributed by atoms with van der Waals surface area (Å²) in [6.45, 7) is 4.43. The minimum atomic E-state index is -1.06. The second-order valence-corrected chi connectivity index (χ2v) is 8.99. The van der Waals surface area contributed by atoms with E-state index in [-0.39, 0.29) is 29.0 Å². The number of hydrogen-bond donors (Lipinski definition) is 0. The first-order chi connectivity index (χ1) is 17.4. The number of ether oxygens (including phenoxy) is 2. The predicted molar refractivity (Wildman–Crippen MR) is 134 cm³/mol. The van der Waals surface area contributed by atoms with Crippen LogP contribution in [0.25, 0.3) is 22.3 Å². The van der Waals surface area contributed by atoms with E-state index in [9.17, 15) is 8.78 Å². The van der Waals surface area contributed by atoms with Gasteiger partial charge in [-0.25, -0.2) is 13.2 Å². The van der Waals surface area contributed by atoms with Crippen molar-refractivity contribution in [3.8, 4) is 28.0 Å². The maximum Gasteiger partial charge on any atom is 0.201 e. The number of halogens is 4. The third-order valence-corrected chi connectivity index (χ3v) is 6.66. The molecular weight excluding hydrogens is 468 g/mol. The molecule has 1 aliphatic heterocycles. The summed E-state index contributed by atoms with van der Waals surface area (Å²) in [4.78, 5) is 0. The van der Waals surface area contributed by atoms with Crippen LogP contribution in [0.15, 0.2) is 60.7 Å². The highest BCUT2D eigenvalue weighted by Gasteiger charge is 2.27. The highest BCUT2D eigenvalue weighted by Crippen LogP contribution is 2.37.